The van der Waals surface area contributed by atoms with Crippen LogP contribution < -0.4 is 10.1 Å². The number of halogens is 1. The van der Waals surface area contributed by atoms with Crippen LogP contribution in [0.4, 0.5) is 0 Å². The molecule has 0 amide bonds. The molecule has 2 rings (SSSR count). The van der Waals surface area contributed by atoms with Crippen molar-refractivity contribution in [2.24, 2.45) is 0 Å². The average molecular weight is 349 g/mol. The van der Waals surface area contributed by atoms with Crippen molar-refractivity contribution in [1.82, 2.24) is 10.3 Å². The summed E-state index contributed by atoms with van der Waals surface area (Å²) in [5, 5.41) is 3.40. The quantitative estimate of drug-likeness (QED) is 0.829. The van der Waals surface area contributed by atoms with E-state index < -0.39 is 0 Å². The molecule has 4 heteroatoms. The normalized spacial score (nSPS) is 12.1. The highest BCUT2D eigenvalue weighted by Gasteiger charge is 2.11. The van der Waals surface area contributed by atoms with Crippen LogP contribution in [0.25, 0.3) is 0 Å². The molecule has 0 spiro atoms. The lowest BCUT2D eigenvalue weighted by atomic mass is 10.0. The van der Waals surface area contributed by atoms with Gasteiger partial charge in [0.15, 0.2) is 0 Å². The number of aryl methyl sites for hydroxylation is 1. The Morgan fingerprint density at radius 2 is 2.14 bits per heavy atom. The van der Waals surface area contributed by atoms with Gasteiger partial charge >= 0.3 is 0 Å². The molecule has 1 aromatic heterocycles. The minimum atomic E-state index is 0.412. The van der Waals surface area contributed by atoms with Gasteiger partial charge in [-0.05, 0) is 62.2 Å². The maximum absolute atomic E-state index is 5.30. The fraction of sp³-hybridized carbons (Fsp3) is 0.353. The number of hydrogen-bond acceptors (Lipinski definition) is 3. The molecule has 0 saturated heterocycles. The third kappa shape index (κ3) is 4.83. The topological polar surface area (TPSA) is 34.2 Å². The predicted molar refractivity (Wildman–Crippen MR) is 89.8 cm³/mol. The van der Waals surface area contributed by atoms with Crippen LogP contribution in [-0.2, 0) is 12.8 Å². The van der Waals surface area contributed by atoms with Gasteiger partial charge in [-0.2, -0.15) is 0 Å². The number of benzene rings is 1. The van der Waals surface area contributed by atoms with E-state index in [-0.39, 0.29) is 0 Å². The number of rotatable bonds is 7. The second-order valence-electron chi connectivity index (χ2n) is 5.01. The highest BCUT2D eigenvalue weighted by Crippen LogP contribution is 2.24. The smallest absolute Gasteiger partial charge is 0.119 e. The third-order valence-corrected chi connectivity index (χ3v) is 4.38. The van der Waals surface area contributed by atoms with Crippen LogP contribution in [-0.4, -0.2) is 25.2 Å². The largest absolute Gasteiger partial charge is 0.497 e. The Hall–Kier alpha value is -1.39. The Balaban J connectivity index is 1.99. The van der Waals surface area contributed by atoms with Gasteiger partial charge in [0.2, 0.25) is 0 Å². The van der Waals surface area contributed by atoms with Crippen LogP contribution in [0.15, 0.2) is 47.1 Å². The molecule has 0 bridgehead atoms. The molecular formula is C17H21BrN2O. The summed E-state index contributed by atoms with van der Waals surface area (Å²) in [6, 6.07) is 12.6. The number of aromatic nitrogens is 1. The SMILES string of the molecule is CNC(CCc1ccccn1)Cc1cc(OC)ccc1Br. The summed E-state index contributed by atoms with van der Waals surface area (Å²) in [5.41, 5.74) is 2.40. The summed E-state index contributed by atoms with van der Waals surface area (Å²) >= 11 is 3.62. The van der Waals surface area contributed by atoms with Crippen LogP contribution >= 0.6 is 15.9 Å². The summed E-state index contributed by atoms with van der Waals surface area (Å²) in [7, 11) is 3.71. The van der Waals surface area contributed by atoms with E-state index in [1.165, 1.54) is 5.56 Å². The van der Waals surface area contributed by atoms with E-state index in [9.17, 15) is 0 Å². The molecule has 21 heavy (non-hydrogen) atoms. The zero-order valence-corrected chi connectivity index (χ0v) is 14.1. The Morgan fingerprint density at radius 1 is 1.29 bits per heavy atom. The lowest BCUT2D eigenvalue weighted by Gasteiger charge is -2.17. The van der Waals surface area contributed by atoms with Crippen molar-refractivity contribution in [3.63, 3.8) is 0 Å². The van der Waals surface area contributed by atoms with Crippen molar-refractivity contribution in [1.29, 1.82) is 0 Å². The second kappa shape index (κ2) is 8.15. The van der Waals surface area contributed by atoms with Crippen molar-refractivity contribution in [2.45, 2.75) is 25.3 Å². The van der Waals surface area contributed by atoms with Gasteiger partial charge in [-0.25, -0.2) is 0 Å². The summed E-state index contributed by atoms with van der Waals surface area (Å²) in [4.78, 5) is 4.38. The van der Waals surface area contributed by atoms with Crippen LogP contribution in [0.1, 0.15) is 17.7 Å². The number of ether oxygens (including phenoxy) is 1. The van der Waals surface area contributed by atoms with Crippen LogP contribution in [0.3, 0.4) is 0 Å². The fourth-order valence-corrected chi connectivity index (χ4v) is 2.73. The molecular weight excluding hydrogens is 328 g/mol. The summed E-state index contributed by atoms with van der Waals surface area (Å²) in [6.07, 6.45) is 4.84. The average Bonchev–Trinajstić information content (AvgIpc) is 2.54. The zero-order valence-electron chi connectivity index (χ0n) is 12.5. The van der Waals surface area contributed by atoms with Gasteiger partial charge in [-0.3, -0.25) is 4.98 Å². The fourth-order valence-electron chi connectivity index (χ4n) is 2.32. The van der Waals surface area contributed by atoms with Crippen LogP contribution in [0, 0.1) is 0 Å². The first kappa shape index (κ1) is 16.0. The first-order valence-electron chi connectivity index (χ1n) is 7.12. The first-order valence-corrected chi connectivity index (χ1v) is 7.92. The van der Waals surface area contributed by atoms with Crippen molar-refractivity contribution in [3.05, 3.63) is 58.3 Å². The minimum absolute atomic E-state index is 0.412. The van der Waals surface area contributed by atoms with Gasteiger partial charge in [0.05, 0.1) is 7.11 Å². The van der Waals surface area contributed by atoms with Gasteiger partial charge in [-0.15, -0.1) is 0 Å². The number of pyridine rings is 1. The van der Waals surface area contributed by atoms with E-state index in [4.69, 9.17) is 4.74 Å². The molecule has 1 heterocycles. The highest BCUT2D eigenvalue weighted by molar-refractivity contribution is 9.10. The van der Waals surface area contributed by atoms with Crippen LogP contribution in [0.5, 0.6) is 5.75 Å². The van der Waals surface area contributed by atoms with E-state index in [0.717, 1.165) is 35.2 Å². The molecule has 1 N–H and O–H groups in total. The van der Waals surface area contributed by atoms with Crippen LogP contribution in [0.2, 0.25) is 0 Å². The number of nitrogens with one attached hydrogen (secondary N) is 1. The van der Waals surface area contributed by atoms with Gasteiger partial charge in [0, 0.05) is 22.4 Å². The predicted octanol–water partition coefficient (Wildman–Crippen LogP) is 3.62. The monoisotopic (exact) mass is 348 g/mol. The number of likely N-dealkylation sites (N-methyl/N-ethyl adjacent to an activating group) is 1. The Labute approximate surface area is 134 Å². The summed E-state index contributed by atoms with van der Waals surface area (Å²) in [5.74, 6) is 0.896. The van der Waals surface area contributed by atoms with Crippen molar-refractivity contribution in [2.75, 3.05) is 14.2 Å². The van der Waals surface area contributed by atoms with Crippen molar-refractivity contribution >= 4 is 15.9 Å². The molecule has 1 aromatic carbocycles. The third-order valence-electron chi connectivity index (χ3n) is 3.60. The molecule has 2 aromatic rings. The van der Waals surface area contributed by atoms with Gasteiger partial charge < -0.3 is 10.1 Å². The van der Waals surface area contributed by atoms with E-state index in [1.54, 1.807) is 7.11 Å². The molecule has 3 nitrogen and oxygen atoms in total. The molecule has 0 aliphatic rings. The molecule has 0 saturated carbocycles. The molecule has 0 radical (unpaired) electrons. The number of methoxy groups -OCH3 is 1. The van der Waals surface area contributed by atoms with Crippen molar-refractivity contribution < 1.29 is 4.74 Å². The lowest BCUT2D eigenvalue weighted by molar-refractivity contribution is 0.413. The lowest BCUT2D eigenvalue weighted by Crippen LogP contribution is -2.28. The van der Waals surface area contributed by atoms with Gasteiger partial charge in [0.1, 0.15) is 5.75 Å². The summed E-state index contributed by atoms with van der Waals surface area (Å²) < 4.78 is 6.43. The standard InChI is InChI=1S/C17H21BrN2O/c1-19-15(7-6-14-5-3-4-10-20-14)11-13-12-16(21-2)8-9-17(13)18/h3-5,8-10,12,15,19H,6-7,11H2,1-2H3. The van der Waals surface area contributed by atoms with E-state index >= 15 is 0 Å². The first-order chi connectivity index (χ1) is 10.2. The van der Waals surface area contributed by atoms with E-state index in [1.807, 2.05) is 37.5 Å². The van der Waals surface area contributed by atoms with E-state index in [0.29, 0.717) is 6.04 Å². The minimum Gasteiger partial charge on any atom is -0.497 e. The molecule has 1 unspecified atom stereocenters. The maximum Gasteiger partial charge on any atom is 0.119 e. The summed E-state index contributed by atoms with van der Waals surface area (Å²) in [6.45, 7) is 0. The zero-order chi connectivity index (χ0) is 15.1. The second-order valence-corrected chi connectivity index (χ2v) is 5.86. The Morgan fingerprint density at radius 3 is 2.81 bits per heavy atom. The van der Waals surface area contributed by atoms with E-state index in [2.05, 4.69) is 38.4 Å². The highest BCUT2D eigenvalue weighted by atomic mass is 79.9. The number of hydrogen-bond donors (Lipinski definition) is 1. The van der Waals surface area contributed by atoms with Gasteiger partial charge in [0.25, 0.3) is 0 Å². The maximum atomic E-state index is 5.30. The van der Waals surface area contributed by atoms with Crippen molar-refractivity contribution in [3.8, 4) is 5.75 Å². The molecule has 0 aliphatic carbocycles. The molecule has 112 valence electrons. The molecule has 0 aliphatic heterocycles. The Bertz CT molecular complexity index is 560. The molecule has 0 fully saturated rings. The van der Waals surface area contributed by atoms with Gasteiger partial charge in [-0.1, -0.05) is 22.0 Å². The Kier molecular flexibility index (Phi) is 6.21. The molecule has 1 atom stereocenters. The number of nitrogens with zero attached hydrogens (tertiary/aromatic N) is 1.